The van der Waals surface area contributed by atoms with Gasteiger partial charge in [0.25, 0.3) is 5.91 Å². The minimum Gasteiger partial charge on any atom is -0.497 e. The number of para-hydroxylation sites is 1. The number of fused-ring (bicyclic) bond motifs is 1. The minimum atomic E-state index is -0.347. The molecule has 0 bridgehead atoms. The summed E-state index contributed by atoms with van der Waals surface area (Å²) in [7, 11) is 3.12. The van der Waals surface area contributed by atoms with E-state index in [1.807, 2.05) is 31.2 Å². The predicted molar refractivity (Wildman–Crippen MR) is 148 cm³/mol. The molecule has 10 heteroatoms. The lowest BCUT2D eigenvalue weighted by atomic mass is 10.0. The van der Waals surface area contributed by atoms with Crippen LogP contribution in [0.25, 0.3) is 0 Å². The summed E-state index contributed by atoms with van der Waals surface area (Å²) in [5, 5.41) is 7.20. The van der Waals surface area contributed by atoms with Crippen molar-refractivity contribution in [2.45, 2.75) is 33.4 Å². The Labute approximate surface area is 226 Å². The number of nitrogens with zero attached hydrogens (tertiary/aromatic N) is 1. The highest BCUT2D eigenvalue weighted by molar-refractivity contribution is 7.16. The summed E-state index contributed by atoms with van der Waals surface area (Å²) in [6.45, 7) is 5.95. The zero-order valence-electron chi connectivity index (χ0n) is 22.1. The molecule has 2 amide bonds. The fraction of sp³-hybridized carbons (Fsp3) is 0.357. The SMILES string of the molecule is CCOC(=O)N1CCc2c(sc(NCc3ccccc3OCC)c2C(=O)Nc2ccc(OC)cc2OC)C1. The van der Waals surface area contributed by atoms with E-state index in [2.05, 4.69) is 10.6 Å². The van der Waals surface area contributed by atoms with Crippen LogP contribution in [0.2, 0.25) is 0 Å². The van der Waals surface area contributed by atoms with Gasteiger partial charge in [-0.1, -0.05) is 18.2 Å². The Kier molecular flexibility index (Phi) is 8.96. The lowest BCUT2D eigenvalue weighted by Crippen LogP contribution is -2.36. The smallest absolute Gasteiger partial charge is 0.410 e. The molecule has 4 rings (SSSR count). The van der Waals surface area contributed by atoms with Crippen LogP contribution in [0.5, 0.6) is 17.2 Å². The van der Waals surface area contributed by atoms with Crippen molar-refractivity contribution in [1.82, 2.24) is 4.90 Å². The van der Waals surface area contributed by atoms with Gasteiger partial charge in [0.05, 0.1) is 45.2 Å². The molecule has 202 valence electrons. The van der Waals surface area contributed by atoms with Crippen LogP contribution < -0.4 is 24.8 Å². The maximum Gasteiger partial charge on any atom is 0.410 e. The van der Waals surface area contributed by atoms with Crippen molar-refractivity contribution in [2.75, 3.05) is 44.6 Å². The topological polar surface area (TPSA) is 98.4 Å². The Bertz CT molecular complexity index is 1290. The first kappa shape index (κ1) is 27.1. The molecule has 0 fully saturated rings. The molecule has 9 nitrogen and oxygen atoms in total. The lowest BCUT2D eigenvalue weighted by molar-refractivity contribution is 0.102. The van der Waals surface area contributed by atoms with E-state index in [1.54, 1.807) is 44.2 Å². The fourth-order valence-corrected chi connectivity index (χ4v) is 5.60. The van der Waals surface area contributed by atoms with Gasteiger partial charge in [-0.2, -0.15) is 0 Å². The predicted octanol–water partition coefficient (Wildman–Crippen LogP) is 5.54. The molecule has 0 atom stereocenters. The van der Waals surface area contributed by atoms with Gasteiger partial charge >= 0.3 is 6.09 Å². The van der Waals surface area contributed by atoms with E-state index in [-0.39, 0.29) is 12.0 Å². The zero-order chi connectivity index (χ0) is 27.1. The van der Waals surface area contributed by atoms with E-state index in [9.17, 15) is 9.59 Å². The normalized spacial score (nSPS) is 12.4. The van der Waals surface area contributed by atoms with Gasteiger partial charge < -0.3 is 34.5 Å². The molecule has 1 aliphatic rings. The number of ether oxygens (including phenoxy) is 4. The van der Waals surface area contributed by atoms with Gasteiger partial charge in [-0.05, 0) is 44.0 Å². The first-order valence-corrected chi connectivity index (χ1v) is 13.3. The molecular weight excluding hydrogens is 506 g/mol. The molecule has 0 radical (unpaired) electrons. The summed E-state index contributed by atoms with van der Waals surface area (Å²) in [6.07, 6.45) is 0.199. The van der Waals surface area contributed by atoms with Crippen LogP contribution in [0.1, 0.15) is 40.2 Å². The second-order valence-electron chi connectivity index (χ2n) is 8.49. The van der Waals surface area contributed by atoms with Crippen molar-refractivity contribution in [2.24, 2.45) is 0 Å². The highest BCUT2D eigenvalue weighted by Gasteiger charge is 2.30. The molecule has 2 N–H and O–H groups in total. The van der Waals surface area contributed by atoms with Crippen molar-refractivity contribution >= 4 is 34.0 Å². The van der Waals surface area contributed by atoms with E-state index < -0.39 is 0 Å². The number of amides is 2. The lowest BCUT2D eigenvalue weighted by Gasteiger charge is -2.26. The summed E-state index contributed by atoms with van der Waals surface area (Å²) >= 11 is 1.48. The third-order valence-electron chi connectivity index (χ3n) is 6.18. The molecule has 0 aliphatic carbocycles. The minimum absolute atomic E-state index is 0.254. The van der Waals surface area contributed by atoms with Crippen molar-refractivity contribution in [1.29, 1.82) is 0 Å². The number of benzene rings is 2. The van der Waals surface area contributed by atoms with Crippen molar-refractivity contribution < 1.29 is 28.5 Å². The Morgan fingerprint density at radius 2 is 1.84 bits per heavy atom. The maximum atomic E-state index is 13.7. The Morgan fingerprint density at radius 3 is 2.58 bits per heavy atom. The summed E-state index contributed by atoms with van der Waals surface area (Å²) in [6, 6.07) is 13.1. The number of anilines is 2. The van der Waals surface area contributed by atoms with Gasteiger partial charge in [0, 0.05) is 29.6 Å². The molecule has 0 saturated heterocycles. The van der Waals surface area contributed by atoms with Crippen LogP contribution in [-0.4, -0.2) is 50.9 Å². The highest BCUT2D eigenvalue weighted by atomic mass is 32.1. The standard InChI is InChI=1S/C28H33N3O6S/c1-5-36-22-10-8-7-9-18(22)16-29-27-25(20-13-14-31(17-24(20)38-27)28(33)37-6-2)26(32)30-21-12-11-19(34-3)15-23(21)35-4/h7-12,15,29H,5-6,13-14,16-17H2,1-4H3,(H,30,32). The second kappa shape index (κ2) is 12.6. The van der Waals surface area contributed by atoms with Crippen LogP contribution in [0.15, 0.2) is 42.5 Å². The summed E-state index contributed by atoms with van der Waals surface area (Å²) in [4.78, 5) is 28.7. The number of carbonyl (C=O) groups excluding carboxylic acids is 2. The number of rotatable bonds is 10. The number of hydrogen-bond donors (Lipinski definition) is 2. The molecule has 0 saturated carbocycles. The third kappa shape index (κ3) is 5.96. The van der Waals surface area contributed by atoms with Crippen molar-refractivity contribution in [3.63, 3.8) is 0 Å². The van der Waals surface area contributed by atoms with E-state index in [0.29, 0.717) is 62.0 Å². The number of carbonyl (C=O) groups is 2. The zero-order valence-corrected chi connectivity index (χ0v) is 22.9. The first-order valence-electron chi connectivity index (χ1n) is 12.5. The van der Waals surface area contributed by atoms with Crippen LogP contribution in [0, 0.1) is 0 Å². The molecule has 0 unspecified atom stereocenters. The van der Waals surface area contributed by atoms with Crippen LogP contribution >= 0.6 is 11.3 Å². The number of thiophene rings is 1. The summed E-state index contributed by atoms with van der Waals surface area (Å²) in [5.74, 6) is 1.67. The molecular formula is C28H33N3O6S. The van der Waals surface area contributed by atoms with Crippen molar-refractivity contribution in [3.8, 4) is 17.2 Å². The first-order chi connectivity index (χ1) is 18.5. The summed E-state index contributed by atoms with van der Waals surface area (Å²) in [5.41, 5.74) is 3.02. The van der Waals surface area contributed by atoms with E-state index in [1.165, 1.54) is 11.3 Å². The average molecular weight is 540 g/mol. The van der Waals surface area contributed by atoms with Crippen LogP contribution in [-0.2, 0) is 24.2 Å². The molecule has 2 aromatic carbocycles. The molecule has 38 heavy (non-hydrogen) atoms. The van der Waals surface area contributed by atoms with Gasteiger partial charge in [-0.15, -0.1) is 11.3 Å². The Balaban J connectivity index is 1.65. The van der Waals surface area contributed by atoms with Gasteiger partial charge in [-0.25, -0.2) is 4.79 Å². The van der Waals surface area contributed by atoms with Gasteiger partial charge in [0.15, 0.2) is 0 Å². The summed E-state index contributed by atoms with van der Waals surface area (Å²) < 4.78 is 21.7. The Morgan fingerprint density at radius 1 is 1.03 bits per heavy atom. The van der Waals surface area contributed by atoms with Gasteiger partial charge in [-0.3, -0.25) is 4.79 Å². The molecule has 1 aromatic heterocycles. The number of hydrogen-bond acceptors (Lipinski definition) is 8. The highest BCUT2D eigenvalue weighted by Crippen LogP contribution is 2.39. The number of nitrogens with one attached hydrogen (secondary N) is 2. The molecule has 0 spiro atoms. The third-order valence-corrected chi connectivity index (χ3v) is 7.35. The van der Waals surface area contributed by atoms with E-state index in [0.717, 1.165) is 26.8 Å². The van der Waals surface area contributed by atoms with Gasteiger partial charge in [0.2, 0.25) is 0 Å². The van der Waals surface area contributed by atoms with Gasteiger partial charge in [0.1, 0.15) is 22.2 Å². The Hall–Kier alpha value is -3.92. The monoisotopic (exact) mass is 539 g/mol. The van der Waals surface area contributed by atoms with E-state index in [4.69, 9.17) is 18.9 Å². The largest absolute Gasteiger partial charge is 0.497 e. The molecule has 1 aliphatic heterocycles. The average Bonchev–Trinajstić information content (AvgIpc) is 3.30. The van der Waals surface area contributed by atoms with Crippen LogP contribution in [0.3, 0.4) is 0 Å². The number of methoxy groups -OCH3 is 2. The second-order valence-corrected chi connectivity index (χ2v) is 9.60. The van der Waals surface area contributed by atoms with Crippen molar-refractivity contribution in [3.05, 3.63) is 64.0 Å². The molecule has 3 aromatic rings. The van der Waals surface area contributed by atoms with Crippen LogP contribution in [0.4, 0.5) is 15.5 Å². The quantitative estimate of drug-likeness (QED) is 0.349. The maximum absolute atomic E-state index is 13.7. The molecule has 2 heterocycles. The van der Waals surface area contributed by atoms with E-state index >= 15 is 0 Å². The fourth-order valence-electron chi connectivity index (χ4n) is 4.35.